The van der Waals surface area contributed by atoms with Crippen molar-refractivity contribution in [1.29, 1.82) is 0 Å². The largest absolute Gasteiger partial charge is 0.507 e. The van der Waals surface area contributed by atoms with E-state index in [1.165, 1.54) is 18.2 Å². The van der Waals surface area contributed by atoms with Crippen molar-refractivity contribution < 1.29 is 19.8 Å². The van der Waals surface area contributed by atoms with Crippen LogP contribution in [0.25, 0.3) is 0 Å². The highest BCUT2D eigenvalue weighted by atomic mass is 16.4. The highest BCUT2D eigenvalue weighted by Crippen LogP contribution is 2.22. The summed E-state index contributed by atoms with van der Waals surface area (Å²) < 4.78 is 0. The van der Waals surface area contributed by atoms with Crippen molar-refractivity contribution in [2.45, 2.75) is 31.7 Å². The van der Waals surface area contributed by atoms with Crippen molar-refractivity contribution in [2.75, 3.05) is 5.32 Å². The molecule has 0 aromatic heterocycles. The predicted molar refractivity (Wildman–Crippen MR) is 69.5 cm³/mol. The minimum Gasteiger partial charge on any atom is -0.507 e. The number of carbonyl (C=O) groups is 2. The van der Waals surface area contributed by atoms with Crippen LogP contribution in [0.3, 0.4) is 0 Å². The van der Waals surface area contributed by atoms with E-state index in [1.807, 2.05) is 0 Å². The molecule has 2 rings (SSSR count). The first-order valence-corrected chi connectivity index (χ1v) is 6.20. The molecule has 0 bridgehead atoms. The summed E-state index contributed by atoms with van der Waals surface area (Å²) in [6.45, 7) is 0. The molecule has 19 heavy (non-hydrogen) atoms. The second-order valence-electron chi connectivity index (χ2n) is 4.62. The van der Waals surface area contributed by atoms with Crippen molar-refractivity contribution in [3.8, 4) is 5.75 Å². The first-order chi connectivity index (χ1) is 9.06. The van der Waals surface area contributed by atoms with E-state index in [0.29, 0.717) is 5.69 Å². The van der Waals surface area contributed by atoms with Gasteiger partial charge in [-0.3, -0.25) is 0 Å². The smallest absolute Gasteiger partial charge is 0.339 e. The van der Waals surface area contributed by atoms with Gasteiger partial charge >= 0.3 is 12.0 Å². The van der Waals surface area contributed by atoms with E-state index < -0.39 is 5.97 Å². The average molecular weight is 264 g/mol. The molecule has 0 saturated heterocycles. The van der Waals surface area contributed by atoms with Gasteiger partial charge in [0.05, 0.1) is 0 Å². The number of rotatable bonds is 3. The highest BCUT2D eigenvalue weighted by molar-refractivity contribution is 5.94. The summed E-state index contributed by atoms with van der Waals surface area (Å²) in [6, 6.07) is 3.78. The summed E-state index contributed by atoms with van der Waals surface area (Å²) in [7, 11) is 0. The molecule has 4 N–H and O–H groups in total. The van der Waals surface area contributed by atoms with Crippen molar-refractivity contribution in [1.82, 2.24) is 5.32 Å². The molecule has 0 radical (unpaired) electrons. The van der Waals surface area contributed by atoms with Crippen molar-refractivity contribution in [3.63, 3.8) is 0 Å². The Bertz CT molecular complexity index is 495. The number of urea groups is 1. The van der Waals surface area contributed by atoms with E-state index in [0.717, 1.165) is 25.7 Å². The van der Waals surface area contributed by atoms with Gasteiger partial charge in [0.1, 0.15) is 11.3 Å². The number of carbonyl (C=O) groups excluding carboxylic acids is 1. The number of aromatic carboxylic acids is 1. The highest BCUT2D eigenvalue weighted by Gasteiger charge is 2.17. The van der Waals surface area contributed by atoms with Gasteiger partial charge in [-0.1, -0.05) is 12.8 Å². The quantitative estimate of drug-likeness (QED) is 0.672. The second kappa shape index (κ2) is 5.60. The third-order valence-electron chi connectivity index (χ3n) is 3.18. The number of hydrogen-bond donors (Lipinski definition) is 4. The van der Waals surface area contributed by atoms with Gasteiger partial charge < -0.3 is 20.8 Å². The summed E-state index contributed by atoms with van der Waals surface area (Å²) in [4.78, 5) is 22.4. The van der Waals surface area contributed by atoms with Gasteiger partial charge in [0.25, 0.3) is 0 Å². The molecule has 0 spiro atoms. The Kier molecular flexibility index (Phi) is 3.89. The number of nitrogens with one attached hydrogen (secondary N) is 2. The van der Waals surface area contributed by atoms with E-state index in [1.54, 1.807) is 0 Å². The van der Waals surface area contributed by atoms with Gasteiger partial charge in [0, 0.05) is 17.8 Å². The summed E-state index contributed by atoms with van der Waals surface area (Å²) in [5.41, 5.74) is 0.166. The van der Waals surface area contributed by atoms with Crippen LogP contribution in [0.2, 0.25) is 0 Å². The lowest BCUT2D eigenvalue weighted by Gasteiger charge is -2.13. The summed E-state index contributed by atoms with van der Waals surface area (Å²) in [5, 5.41) is 23.7. The predicted octanol–water partition coefficient (Wildman–Crippen LogP) is 2.15. The maximum absolute atomic E-state index is 11.7. The number of phenols is 1. The maximum atomic E-state index is 11.7. The Morgan fingerprint density at radius 2 is 1.89 bits per heavy atom. The van der Waals surface area contributed by atoms with Crippen LogP contribution in [0.5, 0.6) is 5.75 Å². The zero-order chi connectivity index (χ0) is 13.8. The van der Waals surface area contributed by atoms with Gasteiger partial charge in [-0.15, -0.1) is 0 Å². The van der Waals surface area contributed by atoms with Crippen LogP contribution < -0.4 is 10.6 Å². The zero-order valence-corrected chi connectivity index (χ0v) is 10.3. The number of carboxylic acids is 1. The molecule has 1 aromatic carbocycles. The molecule has 1 fully saturated rings. The molecule has 6 nitrogen and oxygen atoms in total. The van der Waals surface area contributed by atoms with Crippen LogP contribution in [0.4, 0.5) is 10.5 Å². The standard InChI is InChI=1S/C13H16N2O4/c16-11-7-9(5-6-10(11)12(17)18)15-13(19)14-8-3-1-2-4-8/h5-8,16H,1-4H2,(H,17,18)(H2,14,15,19). The Labute approximate surface area is 110 Å². The lowest BCUT2D eigenvalue weighted by Crippen LogP contribution is -2.36. The van der Waals surface area contributed by atoms with E-state index in [9.17, 15) is 14.7 Å². The first kappa shape index (κ1) is 13.2. The van der Waals surface area contributed by atoms with Gasteiger partial charge in [0.15, 0.2) is 0 Å². The fraction of sp³-hybridized carbons (Fsp3) is 0.385. The van der Waals surface area contributed by atoms with Crippen molar-refractivity contribution >= 4 is 17.7 Å². The van der Waals surface area contributed by atoms with Crippen molar-refractivity contribution in [3.05, 3.63) is 23.8 Å². The van der Waals surface area contributed by atoms with Crippen LogP contribution in [0, 0.1) is 0 Å². The van der Waals surface area contributed by atoms with Crippen LogP contribution in [0.15, 0.2) is 18.2 Å². The van der Waals surface area contributed by atoms with E-state index in [2.05, 4.69) is 10.6 Å². The topological polar surface area (TPSA) is 98.7 Å². The molecule has 0 unspecified atom stereocenters. The molecule has 0 aliphatic heterocycles. The second-order valence-corrected chi connectivity index (χ2v) is 4.62. The normalized spacial score (nSPS) is 15.2. The summed E-state index contributed by atoms with van der Waals surface area (Å²) in [5.74, 6) is -1.58. The molecule has 0 heterocycles. The molecule has 1 aromatic rings. The zero-order valence-electron chi connectivity index (χ0n) is 10.3. The van der Waals surface area contributed by atoms with E-state index in [-0.39, 0.29) is 23.4 Å². The third kappa shape index (κ3) is 3.37. The molecular formula is C13H16N2O4. The number of hydrogen-bond acceptors (Lipinski definition) is 3. The lowest BCUT2D eigenvalue weighted by atomic mass is 10.2. The molecule has 2 amide bonds. The number of aromatic hydroxyl groups is 1. The minimum absolute atomic E-state index is 0.193. The third-order valence-corrected chi connectivity index (χ3v) is 3.18. The van der Waals surface area contributed by atoms with Crippen LogP contribution in [-0.4, -0.2) is 28.3 Å². The summed E-state index contributed by atoms with van der Waals surface area (Å²) >= 11 is 0. The molecule has 1 saturated carbocycles. The molecular weight excluding hydrogens is 248 g/mol. The Balaban J connectivity index is 1.96. The Morgan fingerprint density at radius 1 is 1.21 bits per heavy atom. The molecule has 0 atom stereocenters. The number of amides is 2. The minimum atomic E-state index is -1.21. The number of anilines is 1. The number of carboxylic acid groups (broad SMARTS) is 1. The monoisotopic (exact) mass is 264 g/mol. The van der Waals surface area contributed by atoms with E-state index in [4.69, 9.17) is 5.11 Å². The Morgan fingerprint density at radius 3 is 2.47 bits per heavy atom. The Hall–Kier alpha value is -2.24. The fourth-order valence-electron chi connectivity index (χ4n) is 2.21. The SMILES string of the molecule is O=C(Nc1ccc(C(=O)O)c(O)c1)NC1CCCC1. The first-order valence-electron chi connectivity index (χ1n) is 6.20. The summed E-state index contributed by atoms with van der Waals surface area (Å²) in [6.07, 6.45) is 4.21. The van der Waals surface area contributed by atoms with Gasteiger partial charge in [-0.25, -0.2) is 9.59 Å². The van der Waals surface area contributed by atoms with Gasteiger partial charge in [-0.05, 0) is 25.0 Å². The molecule has 1 aliphatic carbocycles. The average Bonchev–Trinajstić information content (AvgIpc) is 2.81. The number of benzene rings is 1. The van der Waals surface area contributed by atoms with E-state index >= 15 is 0 Å². The van der Waals surface area contributed by atoms with Gasteiger partial charge in [0.2, 0.25) is 0 Å². The molecule has 1 aliphatic rings. The molecule has 6 heteroatoms. The molecule has 102 valence electrons. The lowest BCUT2D eigenvalue weighted by molar-refractivity contribution is 0.0694. The van der Waals surface area contributed by atoms with Crippen LogP contribution >= 0.6 is 0 Å². The van der Waals surface area contributed by atoms with Crippen LogP contribution in [-0.2, 0) is 0 Å². The maximum Gasteiger partial charge on any atom is 0.339 e. The van der Waals surface area contributed by atoms with Crippen LogP contribution in [0.1, 0.15) is 36.0 Å². The van der Waals surface area contributed by atoms with Gasteiger partial charge in [-0.2, -0.15) is 0 Å². The van der Waals surface area contributed by atoms with Crippen molar-refractivity contribution in [2.24, 2.45) is 0 Å². The fourth-order valence-corrected chi connectivity index (χ4v) is 2.21.